The first kappa shape index (κ1) is 27.9. The van der Waals surface area contributed by atoms with E-state index in [1.54, 1.807) is 18.3 Å². The summed E-state index contributed by atoms with van der Waals surface area (Å²) < 4.78 is 5.57. The van der Waals surface area contributed by atoms with E-state index in [0.29, 0.717) is 17.0 Å². The van der Waals surface area contributed by atoms with Gasteiger partial charge in [-0.1, -0.05) is 45.0 Å². The van der Waals surface area contributed by atoms with Crippen molar-refractivity contribution in [3.8, 4) is 5.75 Å². The van der Waals surface area contributed by atoms with Crippen molar-refractivity contribution in [2.75, 3.05) is 25.1 Å². The average Bonchev–Trinajstić information content (AvgIpc) is 3.18. The fourth-order valence-electron chi connectivity index (χ4n) is 5.02. The van der Waals surface area contributed by atoms with Crippen molar-refractivity contribution in [1.29, 1.82) is 0 Å². The van der Waals surface area contributed by atoms with Crippen molar-refractivity contribution in [3.05, 3.63) is 94.8 Å². The number of aliphatic hydroxyl groups excluding tert-OH is 1. The molecule has 1 fully saturated rings. The molecule has 0 saturated carbocycles. The van der Waals surface area contributed by atoms with Crippen LogP contribution in [-0.2, 0) is 21.5 Å². The molecule has 7 nitrogen and oxygen atoms in total. The zero-order valence-electron chi connectivity index (χ0n) is 23.6. The van der Waals surface area contributed by atoms with E-state index < -0.39 is 17.7 Å². The Morgan fingerprint density at radius 3 is 2.28 bits per heavy atom. The Hall–Kier alpha value is -4.13. The second kappa shape index (κ2) is 11.3. The maximum absolute atomic E-state index is 13.6. The van der Waals surface area contributed by atoms with Crippen LogP contribution in [-0.4, -0.2) is 46.9 Å². The van der Waals surface area contributed by atoms with Gasteiger partial charge in [0.1, 0.15) is 11.5 Å². The molecule has 7 heteroatoms. The molecule has 2 heterocycles. The fraction of sp³-hybridized carbons (Fsp3) is 0.344. The van der Waals surface area contributed by atoms with Crippen LogP contribution in [0.4, 0.5) is 5.69 Å². The number of nitrogens with zero attached hydrogens (tertiary/aromatic N) is 3. The predicted molar refractivity (Wildman–Crippen MR) is 154 cm³/mol. The summed E-state index contributed by atoms with van der Waals surface area (Å²) in [7, 11) is 1.52. The summed E-state index contributed by atoms with van der Waals surface area (Å²) in [5, 5.41) is 11.7. The fourth-order valence-corrected chi connectivity index (χ4v) is 5.02. The number of amides is 1. The highest BCUT2D eigenvalue weighted by Crippen LogP contribution is 2.42. The average molecular weight is 528 g/mol. The first-order valence-corrected chi connectivity index (χ1v) is 13.3. The third-order valence-corrected chi connectivity index (χ3v) is 7.26. The van der Waals surface area contributed by atoms with Crippen LogP contribution in [0, 0.1) is 0 Å². The summed E-state index contributed by atoms with van der Waals surface area (Å²) in [6, 6.07) is 18.1. The number of aromatic nitrogens is 1. The Kier molecular flexibility index (Phi) is 8.09. The Balaban J connectivity index is 1.91. The molecule has 1 saturated heterocycles. The maximum Gasteiger partial charge on any atom is 0.296 e. The number of carbonyl (C=O) groups excluding carboxylic acids is 2. The van der Waals surface area contributed by atoms with Crippen molar-refractivity contribution in [1.82, 2.24) is 9.88 Å². The minimum atomic E-state index is -0.791. The molecule has 1 amide bonds. The molecule has 1 N–H and O–H groups in total. The number of benzene rings is 2. The van der Waals surface area contributed by atoms with E-state index in [9.17, 15) is 14.7 Å². The minimum Gasteiger partial charge on any atom is -0.507 e. The molecule has 1 aromatic heterocycles. The molecule has 0 spiro atoms. The molecule has 1 aliphatic heterocycles. The number of rotatable bonds is 8. The number of carbonyl (C=O) groups is 2. The zero-order valence-corrected chi connectivity index (χ0v) is 23.6. The molecule has 0 aliphatic carbocycles. The third kappa shape index (κ3) is 5.53. The van der Waals surface area contributed by atoms with E-state index in [0.717, 1.165) is 29.9 Å². The summed E-state index contributed by atoms with van der Waals surface area (Å²) in [6.07, 6.45) is 1.66. The lowest BCUT2D eigenvalue weighted by molar-refractivity contribution is -0.140. The zero-order chi connectivity index (χ0) is 28.3. The van der Waals surface area contributed by atoms with E-state index in [1.807, 2.05) is 48.5 Å². The Bertz CT molecular complexity index is 1370. The number of aliphatic hydroxyl groups is 1. The van der Waals surface area contributed by atoms with E-state index in [1.165, 1.54) is 12.0 Å². The van der Waals surface area contributed by atoms with Crippen molar-refractivity contribution in [2.45, 2.75) is 52.6 Å². The van der Waals surface area contributed by atoms with Gasteiger partial charge in [0.25, 0.3) is 11.7 Å². The summed E-state index contributed by atoms with van der Waals surface area (Å²) in [5.41, 5.74) is 3.61. The van der Waals surface area contributed by atoms with Gasteiger partial charge in [0.05, 0.1) is 36.5 Å². The highest BCUT2D eigenvalue weighted by molar-refractivity contribution is 6.46. The number of pyridine rings is 1. The summed E-state index contributed by atoms with van der Waals surface area (Å²) >= 11 is 0. The van der Waals surface area contributed by atoms with Gasteiger partial charge in [-0.3, -0.25) is 14.6 Å². The van der Waals surface area contributed by atoms with Gasteiger partial charge in [-0.05, 0) is 66.8 Å². The van der Waals surface area contributed by atoms with Crippen LogP contribution in [0.2, 0.25) is 0 Å². The molecular formula is C32H37N3O4. The Morgan fingerprint density at radius 2 is 1.72 bits per heavy atom. The minimum absolute atomic E-state index is 0.0379. The van der Waals surface area contributed by atoms with Gasteiger partial charge in [-0.15, -0.1) is 0 Å². The van der Waals surface area contributed by atoms with E-state index >= 15 is 0 Å². The van der Waals surface area contributed by atoms with E-state index in [2.05, 4.69) is 44.5 Å². The molecular weight excluding hydrogens is 490 g/mol. The monoisotopic (exact) mass is 527 g/mol. The molecule has 1 aliphatic rings. The third-order valence-electron chi connectivity index (χ3n) is 7.26. The number of likely N-dealkylation sites (tertiary alicyclic amines) is 1. The van der Waals surface area contributed by atoms with Gasteiger partial charge >= 0.3 is 0 Å². The van der Waals surface area contributed by atoms with Gasteiger partial charge in [-0.25, -0.2) is 0 Å². The maximum atomic E-state index is 13.6. The molecule has 0 radical (unpaired) electrons. The summed E-state index contributed by atoms with van der Waals surface area (Å²) in [4.78, 5) is 35.1. The van der Waals surface area contributed by atoms with Crippen LogP contribution in [0.25, 0.3) is 5.76 Å². The van der Waals surface area contributed by atoms with Gasteiger partial charge in [0, 0.05) is 25.0 Å². The van der Waals surface area contributed by atoms with Crippen LogP contribution >= 0.6 is 0 Å². The quantitative estimate of drug-likeness (QED) is 0.225. The van der Waals surface area contributed by atoms with Gasteiger partial charge in [0.15, 0.2) is 0 Å². The van der Waals surface area contributed by atoms with E-state index in [-0.39, 0.29) is 23.3 Å². The molecule has 1 atom stereocenters. The standard InChI is InChI=1S/C32H37N3O4/c1-7-34(8-2)24-15-12-21(13-16-24)28-27(30(37)31(38)35(28)20-23-11-9-10-18-33-23)29(36)25-19-22(32(3,4)5)14-17-26(25)39-6/h9-19,28,36H,7-8,20H2,1-6H3/b29-27+. The van der Waals surface area contributed by atoms with Gasteiger partial charge in [0.2, 0.25) is 0 Å². The van der Waals surface area contributed by atoms with E-state index in [4.69, 9.17) is 4.74 Å². The predicted octanol–water partition coefficient (Wildman–Crippen LogP) is 5.86. The number of Topliss-reactive ketones (excluding diaryl/α,β-unsaturated/α-hetero) is 1. The lowest BCUT2D eigenvalue weighted by Gasteiger charge is -2.27. The molecule has 1 unspecified atom stereocenters. The number of ketones is 1. The smallest absolute Gasteiger partial charge is 0.296 e. The molecule has 4 rings (SSSR count). The van der Waals surface area contributed by atoms with Gasteiger partial charge in [-0.2, -0.15) is 0 Å². The molecule has 0 bridgehead atoms. The lowest BCUT2D eigenvalue weighted by Crippen LogP contribution is -2.29. The lowest BCUT2D eigenvalue weighted by atomic mass is 9.85. The summed E-state index contributed by atoms with van der Waals surface area (Å²) in [6.45, 7) is 12.3. The number of hydrogen-bond acceptors (Lipinski definition) is 6. The highest BCUT2D eigenvalue weighted by atomic mass is 16.5. The van der Waals surface area contributed by atoms with Gasteiger partial charge < -0.3 is 19.6 Å². The van der Waals surface area contributed by atoms with Crippen molar-refractivity contribution in [2.24, 2.45) is 0 Å². The second-order valence-electron chi connectivity index (χ2n) is 10.7. The van der Waals surface area contributed by atoms with Crippen LogP contribution in [0.15, 0.2) is 72.4 Å². The van der Waals surface area contributed by atoms with Crippen LogP contribution < -0.4 is 9.64 Å². The number of methoxy groups -OCH3 is 1. The largest absolute Gasteiger partial charge is 0.507 e. The number of ether oxygens (including phenoxy) is 1. The highest BCUT2D eigenvalue weighted by Gasteiger charge is 2.46. The van der Waals surface area contributed by atoms with Crippen molar-refractivity contribution >= 4 is 23.1 Å². The van der Waals surface area contributed by atoms with Crippen LogP contribution in [0.3, 0.4) is 0 Å². The van der Waals surface area contributed by atoms with Crippen LogP contribution in [0.1, 0.15) is 63.0 Å². The molecule has 3 aromatic rings. The SMILES string of the molecule is CCN(CC)c1ccc(C2/C(=C(\O)c3cc(C(C)(C)C)ccc3OC)C(=O)C(=O)N2Cc2ccccn2)cc1. The van der Waals surface area contributed by atoms with Crippen molar-refractivity contribution in [3.63, 3.8) is 0 Å². The number of anilines is 1. The molecule has 204 valence electrons. The second-order valence-corrected chi connectivity index (χ2v) is 10.7. The normalized spacial score (nSPS) is 17.0. The topological polar surface area (TPSA) is 83.0 Å². The summed E-state index contributed by atoms with van der Waals surface area (Å²) in [5.74, 6) is -1.24. The van der Waals surface area contributed by atoms with Crippen LogP contribution in [0.5, 0.6) is 5.75 Å². The molecule has 39 heavy (non-hydrogen) atoms. The Labute approximate surface area is 230 Å². The van der Waals surface area contributed by atoms with Crippen molar-refractivity contribution < 1.29 is 19.4 Å². The first-order chi connectivity index (χ1) is 18.6. The molecule has 2 aromatic carbocycles. The Morgan fingerprint density at radius 1 is 1.03 bits per heavy atom. The first-order valence-electron chi connectivity index (χ1n) is 13.3. The number of hydrogen-bond donors (Lipinski definition) is 1.